The molecule has 0 aliphatic carbocycles. The average Bonchev–Trinajstić information content (AvgIpc) is 3.32. The molecule has 3 aromatic rings. The van der Waals surface area contributed by atoms with E-state index in [1.807, 2.05) is 0 Å². The van der Waals surface area contributed by atoms with Crippen LogP contribution in [-0.4, -0.2) is 18.6 Å². The van der Waals surface area contributed by atoms with Gasteiger partial charge in [0.25, 0.3) is 11.8 Å². The molecule has 0 bridgehead atoms. The first-order valence-electron chi connectivity index (χ1n) is 9.33. The second-order valence-corrected chi connectivity index (χ2v) is 7.28. The monoisotopic (exact) mass is 436 g/mol. The molecule has 0 radical (unpaired) electrons. The summed E-state index contributed by atoms with van der Waals surface area (Å²) in [4.78, 5) is 27.4. The Balaban J connectivity index is 1.61. The van der Waals surface area contributed by atoms with Crippen LogP contribution in [0, 0.1) is 5.82 Å². The lowest BCUT2D eigenvalue weighted by Gasteiger charge is -2.16. The number of carbonyl (C=O) groups excluding carboxylic acids is 2. The molecule has 2 aliphatic rings. The van der Waals surface area contributed by atoms with Crippen molar-refractivity contribution < 1.29 is 23.5 Å². The van der Waals surface area contributed by atoms with E-state index in [-0.39, 0.29) is 23.8 Å². The number of hydrogen-bond acceptors (Lipinski definition) is 5. The number of rotatable bonds is 4. The first kappa shape index (κ1) is 19.1. The van der Waals surface area contributed by atoms with E-state index in [0.717, 1.165) is 4.90 Å². The first-order valence-corrected chi connectivity index (χ1v) is 9.71. The molecule has 0 saturated carbocycles. The molecule has 0 spiro atoms. The van der Waals surface area contributed by atoms with Gasteiger partial charge in [0.15, 0.2) is 11.5 Å². The highest BCUT2D eigenvalue weighted by molar-refractivity contribution is 6.46. The van der Waals surface area contributed by atoms with Crippen molar-refractivity contribution in [2.24, 2.45) is 0 Å². The number of para-hydroxylation sites is 1. The molecule has 0 saturated heterocycles. The Labute approximate surface area is 181 Å². The molecule has 154 valence electrons. The molecule has 0 unspecified atom stereocenters. The number of benzene rings is 3. The number of anilines is 2. The van der Waals surface area contributed by atoms with Gasteiger partial charge < -0.3 is 14.8 Å². The smallest absolute Gasteiger partial charge is 0.282 e. The van der Waals surface area contributed by atoms with E-state index in [0.29, 0.717) is 27.8 Å². The topological polar surface area (TPSA) is 67.9 Å². The van der Waals surface area contributed by atoms with Crippen LogP contribution < -0.4 is 19.7 Å². The van der Waals surface area contributed by atoms with Gasteiger partial charge in [-0.05, 0) is 42.0 Å². The van der Waals surface area contributed by atoms with Gasteiger partial charge in [0.05, 0.1) is 11.3 Å². The SMILES string of the molecule is O=C1C(Nc2ccc3c(c2)OCO3)=C(c2ccc(Cl)cc2)C(=O)N1c1ccccc1F. The number of imide groups is 1. The molecule has 0 atom stereocenters. The Morgan fingerprint density at radius 2 is 1.65 bits per heavy atom. The van der Waals surface area contributed by atoms with E-state index in [4.69, 9.17) is 21.1 Å². The van der Waals surface area contributed by atoms with Crippen molar-refractivity contribution >= 4 is 40.4 Å². The van der Waals surface area contributed by atoms with Crippen LogP contribution >= 0.6 is 11.6 Å². The summed E-state index contributed by atoms with van der Waals surface area (Å²) >= 11 is 5.98. The van der Waals surface area contributed by atoms with Crippen LogP contribution in [0.1, 0.15) is 5.56 Å². The zero-order valence-electron chi connectivity index (χ0n) is 15.9. The maximum Gasteiger partial charge on any atom is 0.282 e. The van der Waals surface area contributed by atoms with Crippen LogP contribution in [0.15, 0.2) is 72.4 Å². The molecule has 31 heavy (non-hydrogen) atoms. The summed E-state index contributed by atoms with van der Waals surface area (Å²) in [7, 11) is 0. The standard InChI is InChI=1S/C23H14ClFN2O4/c24-14-7-5-13(6-8-14)20-21(26-15-9-10-18-19(11-15)31-12-30-18)23(29)27(22(20)28)17-4-2-1-3-16(17)25/h1-11,26H,12H2. The number of ether oxygens (including phenoxy) is 2. The van der Waals surface area contributed by atoms with Crippen molar-refractivity contribution in [2.45, 2.75) is 0 Å². The lowest BCUT2D eigenvalue weighted by Crippen LogP contribution is -2.33. The summed E-state index contributed by atoms with van der Waals surface area (Å²) in [5.41, 5.74) is 1.01. The van der Waals surface area contributed by atoms with Crippen molar-refractivity contribution in [1.82, 2.24) is 0 Å². The zero-order chi connectivity index (χ0) is 21.5. The van der Waals surface area contributed by atoms with E-state index < -0.39 is 17.6 Å². The maximum atomic E-state index is 14.4. The number of amides is 2. The number of halogens is 2. The summed E-state index contributed by atoms with van der Waals surface area (Å²) in [6, 6.07) is 17.2. The van der Waals surface area contributed by atoms with Gasteiger partial charge in [-0.15, -0.1) is 0 Å². The molecule has 2 amide bonds. The van der Waals surface area contributed by atoms with Gasteiger partial charge in [-0.1, -0.05) is 35.9 Å². The van der Waals surface area contributed by atoms with Crippen LogP contribution in [0.25, 0.3) is 5.57 Å². The minimum atomic E-state index is -0.677. The minimum absolute atomic E-state index is 0.0226. The number of nitrogens with one attached hydrogen (secondary N) is 1. The summed E-state index contributed by atoms with van der Waals surface area (Å²) in [6.07, 6.45) is 0. The molecule has 5 rings (SSSR count). The van der Waals surface area contributed by atoms with E-state index in [1.165, 1.54) is 18.2 Å². The van der Waals surface area contributed by atoms with Crippen molar-refractivity contribution in [2.75, 3.05) is 17.0 Å². The second kappa shape index (κ2) is 7.45. The van der Waals surface area contributed by atoms with Crippen LogP contribution in [0.3, 0.4) is 0 Å². The molecule has 2 aliphatic heterocycles. The van der Waals surface area contributed by atoms with E-state index in [9.17, 15) is 14.0 Å². The van der Waals surface area contributed by atoms with Gasteiger partial charge in [-0.3, -0.25) is 9.59 Å². The van der Waals surface area contributed by atoms with Crippen molar-refractivity contribution in [1.29, 1.82) is 0 Å². The predicted molar refractivity (Wildman–Crippen MR) is 113 cm³/mol. The number of nitrogens with zero attached hydrogens (tertiary/aromatic N) is 1. The number of carbonyl (C=O) groups is 2. The lowest BCUT2D eigenvalue weighted by atomic mass is 10.0. The molecular formula is C23H14ClFN2O4. The average molecular weight is 437 g/mol. The number of fused-ring (bicyclic) bond motifs is 1. The normalized spacial score (nSPS) is 15.1. The Kier molecular flexibility index (Phi) is 4.60. The quantitative estimate of drug-likeness (QED) is 0.605. The third-order valence-corrected chi connectivity index (χ3v) is 5.20. The molecule has 0 fully saturated rings. The summed E-state index contributed by atoms with van der Waals surface area (Å²) in [6.45, 7) is 0.107. The Morgan fingerprint density at radius 1 is 0.903 bits per heavy atom. The fourth-order valence-electron chi connectivity index (χ4n) is 3.50. The zero-order valence-corrected chi connectivity index (χ0v) is 16.7. The highest BCUT2D eigenvalue weighted by Crippen LogP contribution is 2.38. The minimum Gasteiger partial charge on any atom is -0.454 e. The van der Waals surface area contributed by atoms with Crippen molar-refractivity contribution in [3.8, 4) is 11.5 Å². The fraction of sp³-hybridized carbons (Fsp3) is 0.0435. The molecule has 2 heterocycles. The fourth-order valence-corrected chi connectivity index (χ4v) is 3.63. The van der Waals surface area contributed by atoms with Crippen LogP contribution in [-0.2, 0) is 9.59 Å². The largest absolute Gasteiger partial charge is 0.454 e. The van der Waals surface area contributed by atoms with Gasteiger partial charge in [-0.25, -0.2) is 9.29 Å². The van der Waals surface area contributed by atoms with Crippen LogP contribution in [0.5, 0.6) is 11.5 Å². The summed E-state index contributed by atoms with van der Waals surface area (Å²) < 4.78 is 25.1. The Morgan fingerprint density at radius 3 is 2.42 bits per heavy atom. The summed E-state index contributed by atoms with van der Waals surface area (Å²) in [5.74, 6) is -0.886. The third kappa shape index (κ3) is 3.29. The molecule has 8 heteroatoms. The lowest BCUT2D eigenvalue weighted by molar-refractivity contribution is -0.120. The highest BCUT2D eigenvalue weighted by atomic mass is 35.5. The predicted octanol–water partition coefficient (Wildman–Crippen LogP) is 4.60. The molecular weight excluding hydrogens is 423 g/mol. The Bertz CT molecular complexity index is 1260. The van der Waals surface area contributed by atoms with Gasteiger partial charge in [0.1, 0.15) is 11.5 Å². The van der Waals surface area contributed by atoms with Gasteiger partial charge in [0, 0.05) is 16.8 Å². The molecule has 0 aromatic heterocycles. The van der Waals surface area contributed by atoms with E-state index in [2.05, 4.69) is 5.32 Å². The summed E-state index contributed by atoms with van der Waals surface area (Å²) in [5, 5.41) is 3.49. The first-order chi connectivity index (χ1) is 15.0. The van der Waals surface area contributed by atoms with E-state index in [1.54, 1.807) is 48.5 Å². The number of hydrogen-bond donors (Lipinski definition) is 1. The van der Waals surface area contributed by atoms with Gasteiger partial charge in [0.2, 0.25) is 6.79 Å². The van der Waals surface area contributed by atoms with Crippen molar-refractivity contribution in [3.63, 3.8) is 0 Å². The Hall–Kier alpha value is -3.84. The van der Waals surface area contributed by atoms with Crippen molar-refractivity contribution in [3.05, 3.63) is 88.8 Å². The molecule has 1 N–H and O–H groups in total. The van der Waals surface area contributed by atoms with Gasteiger partial charge >= 0.3 is 0 Å². The van der Waals surface area contributed by atoms with Crippen LogP contribution in [0.4, 0.5) is 15.8 Å². The third-order valence-electron chi connectivity index (χ3n) is 4.95. The molecule has 3 aromatic carbocycles. The maximum absolute atomic E-state index is 14.4. The highest BCUT2D eigenvalue weighted by Gasteiger charge is 2.41. The second-order valence-electron chi connectivity index (χ2n) is 6.85. The van der Waals surface area contributed by atoms with Gasteiger partial charge in [-0.2, -0.15) is 0 Å². The van der Waals surface area contributed by atoms with Crippen LogP contribution in [0.2, 0.25) is 5.02 Å². The van der Waals surface area contributed by atoms with E-state index >= 15 is 0 Å². The molecule has 6 nitrogen and oxygen atoms in total.